The second-order valence-electron chi connectivity index (χ2n) is 5.30. The number of hydrogen-bond acceptors (Lipinski definition) is 3. The molecule has 6 heteroatoms. The summed E-state index contributed by atoms with van der Waals surface area (Å²) in [5.74, 6) is 0. The summed E-state index contributed by atoms with van der Waals surface area (Å²) in [6.07, 6.45) is -2.55. The highest BCUT2D eigenvalue weighted by atomic mass is 19.4. The predicted molar refractivity (Wildman–Crippen MR) is 74.2 cm³/mol. The minimum Gasteiger partial charge on any atom is -0.382 e. The van der Waals surface area contributed by atoms with Gasteiger partial charge >= 0.3 is 6.18 Å². The number of alkyl halides is 3. The standard InChI is InChI=1S/C15H15F3N2O/c16-15(17,18)14(21)13-2-1-7-20(13)12-4-3-11-9-19-6-5-10(11)8-12/h3-6,8-9,13-14,21H,1-2,7H2/t13-,14+/m0/s1. The fourth-order valence-corrected chi connectivity index (χ4v) is 2.91. The average Bonchev–Trinajstić information content (AvgIpc) is 2.94. The Morgan fingerprint density at radius 1 is 1.24 bits per heavy atom. The maximum absolute atomic E-state index is 12.8. The van der Waals surface area contributed by atoms with Crippen molar-refractivity contribution in [2.24, 2.45) is 0 Å². The van der Waals surface area contributed by atoms with Gasteiger partial charge in [-0.1, -0.05) is 6.07 Å². The summed E-state index contributed by atoms with van der Waals surface area (Å²) in [5, 5.41) is 11.4. The van der Waals surface area contributed by atoms with E-state index < -0.39 is 18.3 Å². The normalized spacial score (nSPS) is 21.0. The van der Waals surface area contributed by atoms with E-state index in [9.17, 15) is 18.3 Å². The summed E-state index contributed by atoms with van der Waals surface area (Å²) in [6, 6.07) is 6.38. The molecule has 1 saturated heterocycles. The van der Waals surface area contributed by atoms with Crippen molar-refractivity contribution in [3.63, 3.8) is 0 Å². The van der Waals surface area contributed by atoms with Crippen LogP contribution in [0.25, 0.3) is 10.8 Å². The van der Waals surface area contributed by atoms with Crippen molar-refractivity contribution < 1.29 is 18.3 Å². The molecule has 2 heterocycles. The smallest absolute Gasteiger partial charge is 0.382 e. The summed E-state index contributed by atoms with van der Waals surface area (Å²) in [5.41, 5.74) is 0.708. The van der Waals surface area contributed by atoms with Gasteiger partial charge < -0.3 is 10.0 Å². The topological polar surface area (TPSA) is 36.4 Å². The molecule has 21 heavy (non-hydrogen) atoms. The van der Waals surface area contributed by atoms with Crippen molar-refractivity contribution in [3.8, 4) is 0 Å². The van der Waals surface area contributed by atoms with Crippen molar-refractivity contribution in [1.82, 2.24) is 4.98 Å². The highest BCUT2D eigenvalue weighted by molar-refractivity contribution is 5.85. The molecule has 1 aromatic carbocycles. The number of aliphatic hydroxyl groups is 1. The molecule has 0 radical (unpaired) electrons. The molecule has 112 valence electrons. The van der Waals surface area contributed by atoms with Gasteiger partial charge in [-0.25, -0.2) is 0 Å². The van der Waals surface area contributed by atoms with Crippen LogP contribution >= 0.6 is 0 Å². The van der Waals surface area contributed by atoms with Gasteiger partial charge in [0.05, 0.1) is 6.04 Å². The average molecular weight is 296 g/mol. The van der Waals surface area contributed by atoms with Crippen LogP contribution in [0.1, 0.15) is 12.8 Å². The zero-order chi connectivity index (χ0) is 15.0. The lowest BCUT2D eigenvalue weighted by molar-refractivity contribution is -0.209. The summed E-state index contributed by atoms with van der Waals surface area (Å²) >= 11 is 0. The Balaban J connectivity index is 1.93. The fraction of sp³-hybridized carbons (Fsp3) is 0.400. The Morgan fingerprint density at radius 2 is 2.05 bits per heavy atom. The fourth-order valence-electron chi connectivity index (χ4n) is 2.91. The van der Waals surface area contributed by atoms with Crippen molar-refractivity contribution in [2.45, 2.75) is 31.2 Å². The summed E-state index contributed by atoms with van der Waals surface area (Å²) < 4.78 is 38.3. The number of nitrogens with zero attached hydrogens (tertiary/aromatic N) is 2. The second kappa shape index (κ2) is 5.18. The molecule has 0 bridgehead atoms. The van der Waals surface area contributed by atoms with Gasteiger partial charge in [-0.3, -0.25) is 4.98 Å². The molecule has 0 aliphatic carbocycles. The van der Waals surface area contributed by atoms with E-state index in [4.69, 9.17) is 0 Å². The number of halogens is 3. The molecule has 1 N–H and O–H groups in total. The second-order valence-corrected chi connectivity index (χ2v) is 5.30. The predicted octanol–water partition coefficient (Wildman–Crippen LogP) is 3.13. The van der Waals surface area contributed by atoms with E-state index in [1.54, 1.807) is 23.4 Å². The molecule has 3 rings (SSSR count). The Kier molecular flexibility index (Phi) is 3.49. The minimum absolute atomic E-state index is 0.342. The van der Waals surface area contributed by atoms with Crippen molar-refractivity contribution >= 4 is 16.5 Å². The number of rotatable bonds is 2. The van der Waals surface area contributed by atoms with Gasteiger partial charge in [0.25, 0.3) is 0 Å². The molecule has 0 amide bonds. The highest BCUT2D eigenvalue weighted by Crippen LogP contribution is 2.34. The van der Waals surface area contributed by atoms with Crippen LogP contribution in [0.2, 0.25) is 0 Å². The summed E-state index contributed by atoms with van der Waals surface area (Å²) in [6.45, 7) is 0.522. The van der Waals surface area contributed by atoms with E-state index in [1.165, 1.54) is 0 Å². The maximum atomic E-state index is 12.8. The van der Waals surface area contributed by atoms with Crippen molar-refractivity contribution in [3.05, 3.63) is 36.7 Å². The van der Waals surface area contributed by atoms with Gasteiger partial charge in [0.15, 0.2) is 6.10 Å². The zero-order valence-electron chi connectivity index (χ0n) is 11.2. The quantitative estimate of drug-likeness (QED) is 0.925. The Hall–Kier alpha value is -1.82. The van der Waals surface area contributed by atoms with Crippen LogP contribution in [0, 0.1) is 0 Å². The third-order valence-corrected chi connectivity index (χ3v) is 3.95. The molecule has 0 unspecified atom stereocenters. The third-order valence-electron chi connectivity index (χ3n) is 3.95. The number of aromatic nitrogens is 1. The lowest BCUT2D eigenvalue weighted by Crippen LogP contribution is -2.47. The molecule has 2 aromatic rings. The van der Waals surface area contributed by atoms with Gasteiger partial charge in [0.1, 0.15) is 0 Å². The molecule has 1 aromatic heterocycles. The number of fused-ring (bicyclic) bond motifs is 1. The minimum atomic E-state index is -4.59. The van der Waals surface area contributed by atoms with Crippen LogP contribution < -0.4 is 4.90 Å². The van der Waals surface area contributed by atoms with E-state index >= 15 is 0 Å². The largest absolute Gasteiger partial charge is 0.416 e. The summed E-state index contributed by atoms with van der Waals surface area (Å²) in [7, 11) is 0. The van der Waals surface area contributed by atoms with Crippen molar-refractivity contribution in [1.29, 1.82) is 0 Å². The van der Waals surface area contributed by atoms with Crippen LogP contribution in [-0.2, 0) is 0 Å². The number of hydrogen-bond donors (Lipinski definition) is 1. The molecular formula is C15H15F3N2O. The van der Waals surface area contributed by atoms with E-state index in [-0.39, 0.29) is 0 Å². The first-order valence-electron chi connectivity index (χ1n) is 6.82. The highest BCUT2D eigenvalue weighted by Gasteiger charge is 2.47. The number of aliphatic hydroxyl groups excluding tert-OH is 1. The van der Waals surface area contributed by atoms with E-state index in [0.29, 0.717) is 25.1 Å². The lowest BCUT2D eigenvalue weighted by Gasteiger charge is -2.31. The van der Waals surface area contributed by atoms with E-state index in [1.807, 2.05) is 18.2 Å². The van der Waals surface area contributed by atoms with Gasteiger partial charge in [-0.2, -0.15) is 13.2 Å². The van der Waals surface area contributed by atoms with Gasteiger partial charge in [0.2, 0.25) is 0 Å². The van der Waals surface area contributed by atoms with E-state index in [0.717, 1.165) is 10.8 Å². The molecule has 1 fully saturated rings. The zero-order valence-corrected chi connectivity index (χ0v) is 11.2. The number of benzene rings is 1. The first-order valence-corrected chi connectivity index (χ1v) is 6.82. The first kappa shape index (κ1) is 14.1. The monoisotopic (exact) mass is 296 g/mol. The number of anilines is 1. The summed E-state index contributed by atoms with van der Waals surface area (Å²) in [4.78, 5) is 5.66. The molecule has 2 atom stereocenters. The molecule has 3 nitrogen and oxygen atoms in total. The van der Waals surface area contributed by atoms with Gasteiger partial charge in [0, 0.05) is 30.0 Å². The van der Waals surface area contributed by atoms with Crippen LogP contribution in [0.5, 0.6) is 0 Å². The molecule has 0 spiro atoms. The molecule has 1 aliphatic rings. The first-order chi connectivity index (χ1) is 9.97. The van der Waals surface area contributed by atoms with Gasteiger partial charge in [-0.05, 0) is 36.4 Å². The number of pyridine rings is 1. The SMILES string of the molecule is O[C@H]([C@@H]1CCCN1c1ccc2cnccc2c1)C(F)(F)F. The lowest BCUT2D eigenvalue weighted by atomic mass is 10.1. The molecule has 0 saturated carbocycles. The third kappa shape index (κ3) is 2.68. The van der Waals surface area contributed by atoms with Gasteiger partial charge in [-0.15, -0.1) is 0 Å². The van der Waals surface area contributed by atoms with Crippen LogP contribution in [-0.4, -0.2) is 35.0 Å². The molecular weight excluding hydrogens is 281 g/mol. The Labute approximate surface area is 120 Å². The molecule has 1 aliphatic heterocycles. The van der Waals surface area contributed by atoms with E-state index in [2.05, 4.69) is 4.98 Å². The van der Waals surface area contributed by atoms with Crippen LogP contribution in [0.15, 0.2) is 36.7 Å². The van der Waals surface area contributed by atoms with Crippen LogP contribution in [0.4, 0.5) is 18.9 Å². The maximum Gasteiger partial charge on any atom is 0.416 e. The Morgan fingerprint density at radius 3 is 2.81 bits per heavy atom. The van der Waals surface area contributed by atoms with Crippen molar-refractivity contribution in [2.75, 3.05) is 11.4 Å². The Bertz CT molecular complexity index is 644. The van der Waals surface area contributed by atoms with Crippen LogP contribution in [0.3, 0.4) is 0 Å².